The van der Waals surface area contributed by atoms with Gasteiger partial charge in [0.05, 0.1) is 29.3 Å². The number of sulfonamides is 1. The highest BCUT2D eigenvalue weighted by molar-refractivity contribution is 7.89. The smallest absolute Gasteiger partial charge is 0.258 e. The largest absolute Gasteiger partial charge is 0.341 e. The van der Waals surface area contributed by atoms with Gasteiger partial charge in [-0.1, -0.05) is 31.7 Å². The summed E-state index contributed by atoms with van der Waals surface area (Å²) in [5.41, 5.74) is 4.48. The van der Waals surface area contributed by atoms with Crippen LogP contribution in [0.1, 0.15) is 56.2 Å². The van der Waals surface area contributed by atoms with Gasteiger partial charge in [0.25, 0.3) is 10.0 Å². The van der Waals surface area contributed by atoms with Crippen LogP contribution in [0, 0.1) is 0 Å². The molecule has 3 aromatic heterocycles. The molecule has 3 heterocycles. The highest BCUT2D eigenvalue weighted by Gasteiger charge is 2.27. The Bertz CT molecular complexity index is 1340. The number of nitrogens with zero attached hydrogens (tertiary/aromatic N) is 4. The number of unbranched alkanes of at least 4 members (excludes halogenated alkanes) is 1. The van der Waals surface area contributed by atoms with E-state index >= 15 is 0 Å². The molecule has 0 bridgehead atoms. The van der Waals surface area contributed by atoms with E-state index in [4.69, 9.17) is 9.97 Å². The number of para-hydroxylation sites is 2. The van der Waals surface area contributed by atoms with Crippen molar-refractivity contribution < 1.29 is 8.42 Å². The summed E-state index contributed by atoms with van der Waals surface area (Å²) in [6, 6.07) is 17.4. The van der Waals surface area contributed by atoms with E-state index in [1.165, 1.54) is 17.8 Å². The summed E-state index contributed by atoms with van der Waals surface area (Å²) >= 11 is 0. The zero-order valence-corrected chi connectivity index (χ0v) is 20.4. The molecule has 2 N–H and O–H groups in total. The third-order valence-electron chi connectivity index (χ3n) is 6.47. The molecule has 0 saturated heterocycles. The summed E-state index contributed by atoms with van der Waals surface area (Å²) in [6.45, 7) is 1.88. The number of rotatable bonds is 10. The van der Waals surface area contributed by atoms with Crippen molar-refractivity contribution in [3.63, 3.8) is 0 Å². The van der Waals surface area contributed by atoms with Crippen molar-refractivity contribution in [3.8, 4) is 0 Å². The van der Waals surface area contributed by atoms with Crippen LogP contribution in [0.25, 0.3) is 11.0 Å². The van der Waals surface area contributed by atoms with E-state index in [0.29, 0.717) is 13.1 Å². The molecule has 0 spiro atoms. The first-order valence-corrected chi connectivity index (χ1v) is 13.6. The van der Waals surface area contributed by atoms with Gasteiger partial charge in [0, 0.05) is 18.9 Å². The van der Waals surface area contributed by atoms with Crippen LogP contribution in [0.2, 0.25) is 0 Å². The van der Waals surface area contributed by atoms with E-state index in [9.17, 15) is 8.42 Å². The Morgan fingerprint density at radius 1 is 1.00 bits per heavy atom. The van der Waals surface area contributed by atoms with E-state index in [1.807, 2.05) is 36.5 Å². The summed E-state index contributed by atoms with van der Waals surface area (Å²) in [5.74, 6) is 0.935. The fourth-order valence-corrected chi connectivity index (χ4v) is 5.80. The molecule has 1 aromatic carbocycles. The minimum Gasteiger partial charge on any atom is -0.341 e. The number of hydrogen-bond donors (Lipinski definition) is 2. The fraction of sp³-hybridized carbons (Fsp3) is 0.370. The van der Waals surface area contributed by atoms with Crippen LogP contribution in [-0.2, 0) is 23.0 Å². The minimum absolute atomic E-state index is 0. The Labute approximate surface area is 213 Å². The van der Waals surface area contributed by atoms with Crippen LogP contribution in [0.5, 0.6) is 0 Å². The number of hydrogen-bond acceptors (Lipinski definition) is 6. The maximum absolute atomic E-state index is 12.4. The van der Waals surface area contributed by atoms with Gasteiger partial charge >= 0.3 is 0 Å². The SMILES string of the molecule is C.O=S(=O)(NCCCCN(Cc1nc2ccccc2[nH]1)C1CCCc2cccnc21)c1ccccn1. The molecular formula is C27H34N6O2S. The third kappa shape index (κ3) is 5.98. The first-order chi connectivity index (χ1) is 17.1. The van der Waals surface area contributed by atoms with Gasteiger partial charge in [-0.25, -0.2) is 23.1 Å². The second-order valence-electron chi connectivity index (χ2n) is 8.90. The van der Waals surface area contributed by atoms with Gasteiger partial charge in [0.2, 0.25) is 0 Å². The fourth-order valence-electron chi connectivity index (χ4n) is 4.78. The molecule has 8 nitrogen and oxygen atoms in total. The van der Waals surface area contributed by atoms with E-state index in [1.54, 1.807) is 12.1 Å². The number of aromatic nitrogens is 4. The van der Waals surface area contributed by atoms with Crippen molar-refractivity contribution in [1.82, 2.24) is 29.6 Å². The second kappa shape index (κ2) is 11.7. The number of H-pyrrole nitrogens is 1. The molecule has 1 aliphatic carbocycles. The first-order valence-electron chi connectivity index (χ1n) is 12.1. The van der Waals surface area contributed by atoms with Crippen LogP contribution in [0.4, 0.5) is 0 Å². The molecule has 190 valence electrons. The average molecular weight is 507 g/mol. The summed E-state index contributed by atoms with van der Waals surface area (Å²) in [4.78, 5) is 19.4. The number of pyridine rings is 2. The minimum atomic E-state index is -3.58. The van der Waals surface area contributed by atoms with Crippen molar-refractivity contribution >= 4 is 21.1 Å². The van der Waals surface area contributed by atoms with E-state index in [2.05, 4.69) is 25.7 Å². The van der Waals surface area contributed by atoms with Gasteiger partial charge < -0.3 is 4.98 Å². The second-order valence-corrected chi connectivity index (χ2v) is 10.6. The van der Waals surface area contributed by atoms with Crippen LogP contribution in [-0.4, -0.2) is 46.3 Å². The molecule has 0 radical (unpaired) electrons. The number of imidazole rings is 1. The normalized spacial score (nSPS) is 15.5. The zero-order chi connectivity index (χ0) is 24.1. The first kappa shape index (κ1) is 25.9. The Morgan fingerprint density at radius 3 is 2.67 bits per heavy atom. The van der Waals surface area contributed by atoms with Crippen molar-refractivity contribution in [1.29, 1.82) is 0 Å². The van der Waals surface area contributed by atoms with Gasteiger partial charge in [-0.05, 0) is 74.5 Å². The van der Waals surface area contributed by atoms with Gasteiger partial charge in [-0.3, -0.25) is 9.88 Å². The number of benzene rings is 1. The molecule has 9 heteroatoms. The third-order valence-corrected chi connectivity index (χ3v) is 7.85. The molecule has 0 amide bonds. The number of nitrogens with one attached hydrogen (secondary N) is 2. The van der Waals surface area contributed by atoms with E-state index in [0.717, 1.165) is 61.2 Å². The van der Waals surface area contributed by atoms with Gasteiger partial charge in [-0.15, -0.1) is 0 Å². The highest BCUT2D eigenvalue weighted by Crippen LogP contribution is 2.33. The molecule has 1 atom stereocenters. The van der Waals surface area contributed by atoms with Crippen molar-refractivity contribution in [2.75, 3.05) is 13.1 Å². The lowest BCUT2D eigenvalue weighted by Gasteiger charge is -2.34. The molecule has 5 rings (SSSR count). The summed E-state index contributed by atoms with van der Waals surface area (Å²) < 4.78 is 27.5. The Hall–Kier alpha value is -3.14. The van der Waals surface area contributed by atoms with E-state index in [-0.39, 0.29) is 18.5 Å². The van der Waals surface area contributed by atoms with Crippen molar-refractivity contribution in [2.24, 2.45) is 0 Å². The molecule has 0 fully saturated rings. The number of fused-ring (bicyclic) bond motifs is 2. The molecular weight excluding hydrogens is 472 g/mol. The molecule has 1 unspecified atom stereocenters. The topological polar surface area (TPSA) is 104 Å². The quantitative estimate of drug-likeness (QED) is 0.304. The lowest BCUT2D eigenvalue weighted by Crippen LogP contribution is -2.33. The van der Waals surface area contributed by atoms with Gasteiger partial charge in [0.1, 0.15) is 5.82 Å². The van der Waals surface area contributed by atoms with Crippen molar-refractivity contribution in [3.05, 3.63) is 84.1 Å². The zero-order valence-electron chi connectivity index (χ0n) is 19.6. The van der Waals surface area contributed by atoms with E-state index < -0.39 is 10.0 Å². The van der Waals surface area contributed by atoms with Gasteiger partial charge in [-0.2, -0.15) is 0 Å². The van der Waals surface area contributed by atoms with Crippen LogP contribution >= 0.6 is 0 Å². The molecule has 1 aliphatic rings. The van der Waals surface area contributed by atoms with Crippen LogP contribution in [0.15, 0.2) is 72.0 Å². The summed E-state index contributed by atoms with van der Waals surface area (Å²) in [6.07, 6.45) is 8.19. The monoisotopic (exact) mass is 506 g/mol. The van der Waals surface area contributed by atoms with Gasteiger partial charge in [0.15, 0.2) is 5.03 Å². The summed E-state index contributed by atoms with van der Waals surface area (Å²) in [5, 5.41) is 0.0522. The Morgan fingerprint density at radius 2 is 1.83 bits per heavy atom. The maximum atomic E-state index is 12.4. The molecule has 0 saturated carbocycles. The predicted molar refractivity (Wildman–Crippen MR) is 142 cm³/mol. The lowest BCUT2D eigenvalue weighted by atomic mass is 9.90. The Balaban J connectivity index is 0.00000304. The molecule has 36 heavy (non-hydrogen) atoms. The Kier molecular flexibility index (Phi) is 8.45. The predicted octanol–water partition coefficient (Wildman–Crippen LogP) is 4.63. The van der Waals surface area contributed by atoms with Crippen LogP contribution < -0.4 is 4.72 Å². The maximum Gasteiger partial charge on any atom is 0.258 e. The molecule has 0 aliphatic heterocycles. The number of aryl methyl sites for hydroxylation is 1. The standard InChI is InChI=1S/C26H30N6O2S.CH4/c33-35(34,25-14-3-4-15-27-25)29-17-5-6-18-32(19-24-30-21-11-1-2-12-22(21)31-24)23-13-7-9-20-10-8-16-28-26(20)23;/h1-4,8,10-12,14-16,23,29H,5-7,9,13,17-19H2,(H,30,31);1H4. The molecule has 4 aromatic rings. The lowest BCUT2D eigenvalue weighted by molar-refractivity contribution is 0.159. The number of aromatic amines is 1. The highest BCUT2D eigenvalue weighted by atomic mass is 32.2. The summed E-state index contributed by atoms with van der Waals surface area (Å²) in [7, 11) is -3.58. The van der Waals surface area contributed by atoms with Crippen molar-refractivity contribution in [2.45, 2.75) is 57.1 Å². The van der Waals surface area contributed by atoms with Crippen LogP contribution in [0.3, 0.4) is 0 Å². The average Bonchev–Trinajstić information content (AvgIpc) is 3.30.